The SMILES string of the molecule is CCOc1cc([C@@H]2[C@@H]3C(=O)N(c4ccc(Cl)c(Cl)c4)C(=O)[C@@H]3ON2c2ccccc2)ccc1OCc1ccccc1. The summed E-state index contributed by atoms with van der Waals surface area (Å²) in [5.74, 6) is -0.551. The molecule has 0 saturated carbocycles. The van der Waals surface area contributed by atoms with Crippen LogP contribution in [-0.4, -0.2) is 24.5 Å². The number of carbonyl (C=O) groups is 2. The molecule has 2 aliphatic rings. The number of anilines is 2. The van der Waals surface area contributed by atoms with Gasteiger partial charge in [-0.3, -0.25) is 14.4 Å². The number of fused-ring (bicyclic) bond motifs is 1. The minimum atomic E-state index is -1.02. The summed E-state index contributed by atoms with van der Waals surface area (Å²) in [7, 11) is 0. The third-order valence-corrected chi connectivity index (χ3v) is 7.87. The summed E-state index contributed by atoms with van der Waals surface area (Å²) in [4.78, 5) is 35.0. The van der Waals surface area contributed by atoms with Gasteiger partial charge in [-0.2, -0.15) is 0 Å². The molecule has 0 unspecified atom stereocenters. The minimum Gasteiger partial charge on any atom is -0.490 e. The first-order chi connectivity index (χ1) is 20.0. The lowest BCUT2D eigenvalue weighted by atomic mass is 9.90. The third kappa shape index (κ3) is 5.12. The van der Waals surface area contributed by atoms with Crippen molar-refractivity contribution in [3.05, 3.63) is 118 Å². The van der Waals surface area contributed by atoms with Crippen LogP contribution in [0.2, 0.25) is 10.0 Å². The maximum atomic E-state index is 14.0. The maximum Gasteiger partial charge on any atom is 0.266 e. The summed E-state index contributed by atoms with van der Waals surface area (Å²) < 4.78 is 12.1. The molecule has 3 atom stereocenters. The van der Waals surface area contributed by atoms with Crippen molar-refractivity contribution in [2.24, 2.45) is 5.92 Å². The number of rotatable bonds is 8. The van der Waals surface area contributed by atoms with Crippen LogP contribution in [0.15, 0.2) is 97.1 Å². The van der Waals surface area contributed by atoms with E-state index in [1.165, 1.54) is 6.07 Å². The number of hydroxylamine groups is 1. The zero-order valence-electron chi connectivity index (χ0n) is 22.1. The zero-order chi connectivity index (χ0) is 28.5. The van der Waals surface area contributed by atoms with Crippen LogP contribution in [0.3, 0.4) is 0 Å². The molecule has 0 aliphatic carbocycles. The van der Waals surface area contributed by atoms with Crippen LogP contribution in [0.5, 0.6) is 11.5 Å². The number of nitrogens with zero attached hydrogens (tertiary/aromatic N) is 2. The van der Waals surface area contributed by atoms with Crippen LogP contribution >= 0.6 is 23.2 Å². The predicted octanol–water partition coefficient (Wildman–Crippen LogP) is 7.02. The fraction of sp³-hybridized carbons (Fsp3) is 0.188. The molecule has 7 nitrogen and oxygen atoms in total. The van der Waals surface area contributed by atoms with Gasteiger partial charge in [0.05, 0.1) is 34.1 Å². The minimum absolute atomic E-state index is 0.248. The highest BCUT2D eigenvalue weighted by Gasteiger charge is 2.60. The van der Waals surface area contributed by atoms with E-state index in [1.54, 1.807) is 17.2 Å². The molecule has 9 heteroatoms. The average molecular weight is 589 g/mol. The van der Waals surface area contributed by atoms with Crippen LogP contribution in [0.25, 0.3) is 0 Å². The Morgan fingerprint density at radius 3 is 2.20 bits per heavy atom. The maximum absolute atomic E-state index is 14.0. The molecule has 2 heterocycles. The number of benzene rings is 4. The van der Waals surface area contributed by atoms with Crippen molar-refractivity contribution in [3.8, 4) is 11.5 Å². The summed E-state index contributed by atoms with van der Waals surface area (Å²) >= 11 is 12.3. The Morgan fingerprint density at radius 2 is 1.49 bits per heavy atom. The van der Waals surface area contributed by atoms with Crippen molar-refractivity contribution < 1.29 is 23.9 Å². The van der Waals surface area contributed by atoms with Crippen LogP contribution in [0.1, 0.15) is 24.1 Å². The highest BCUT2D eigenvalue weighted by Crippen LogP contribution is 2.49. The van der Waals surface area contributed by atoms with Gasteiger partial charge in [-0.15, -0.1) is 0 Å². The highest BCUT2D eigenvalue weighted by atomic mass is 35.5. The Hall–Kier alpha value is -4.04. The lowest BCUT2D eigenvalue weighted by Gasteiger charge is -2.29. The molecule has 0 aromatic heterocycles. The van der Waals surface area contributed by atoms with Crippen LogP contribution in [0, 0.1) is 5.92 Å². The Bertz CT molecular complexity index is 1580. The van der Waals surface area contributed by atoms with Crippen molar-refractivity contribution in [3.63, 3.8) is 0 Å². The van der Waals surface area contributed by atoms with Gasteiger partial charge >= 0.3 is 0 Å². The van der Waals surface area contributed by atoms with Gasteiger partial charge in [0.2, 0.25) is 5.91 Å². The number of imide groups is 1. The molecule has 4 aromatic rings. The van der Waals surface area contributed by atoms with Gasteiger partial charge in [0.25, 0.3) is 5.91 Å². The molecule has 4 aromatic carbocycles. The molecule has 2 saturated heterocycles. The van der Waals surface area contributed by atoms with E-state index in [0.29, 0.717) is 35.4 Å². The van der Waals surface area contributed by atoms with E-state index in [1.807, 2.05) is 85.8 Å². The Kier molecular flexibility index (Phi) is 7.58. The fourth-order valence-corrected chi connectivity index (χ4v) is 5.55. The molecule has 208 valence electrons. The van der Waals surface area contributed by atoms with Gasteiger partial charge in [0.15, 0.2) is 17.6 Å². The smallest absolute Gasteiger partial charge is 0.266 e. The summed E-state index contributed by atoms with van der Waals surface area (Å²) in [5.41, 5.74) is 2.83. The summed E-state index contributed by atoms with van der Waals surface area (Å²) in [6.07, 6.45) is -1.02. The van der Waals surface area contributed by atoms with Gasteiger partial charge in [-0.1, -0.05) is 77.8 Å². The molecular weight excluding hydrogens is 563 g/mol. The van der Waals surface area contributed by atoms with E-state index in [9.17, 15) is 9.59 Å². The van der Waals surface area contributed by atoms with E-state index in [-0.39, 0.29) is 10.9 Å². The molecule has 41 heavy (non-hydrogen) atoms. The standard InChI is InChI=1S/C32H26Cl2N2O5/c1-2-39-27-17-21(13-16-26(27)40-19-20-9-5-3-6-10-20)29-28-30(41-36(29)22-11-7-4-8-12-22)32(38)35(31(28)37)23-14-15-24(33)25(34)18-23/h3-18,28-30H,2,19H2,1H3/t28-,29+,30+/m0/s1. The molecule has 0 radical (unpaired) electrons. The van der Waals surface area contributed by atoms with Crippen molar-refractivity contribution in [1.29, 1.82) is 0 Å². The van der Waals surface area contributed by atoms with E-state index in [2.05, 4.69) is 0 Å². The number of halogens is 2. The Morgan fingerprint density at radius 1 is 0.756 bits per heavy atom. The number of amides is 2. The molecule has 2 fully saturated rings. The second-order valence-electron chi connectivity index (χ2n) is 9.68. The summed E-state index contributed by atoms with van der Waals surface area (Å²) in [5, 5.41) is 2.22. The van der Waals surface area contributed by atoms with E-state index < -0.39 is 24.0 Å². The van der Waals surface area contributed by atoms with Gasteiger partial charge in [0, 0.05) is 0 Å². The first-order valence-electron chi connectivity index (χ1n) is 13.2. The van der Waals surface area contributed by atoms with Gasteiger partial charge in [0.1, 0.15) is 12.5 Å². The second kappa shape index (κ2) is 11.4. The average Bonchev–Trinajstić information content (AvgIpc) is 3.50. The Labute approximate surface area is 247 Å². The molecule has 0 spiro atoms. The van der Waals surface area contributed by atoms with Crippen LogP contribution < -0.4 is 19.4 Å². The fourth-order valence-electron chi connectivity index (χ4n) is 5.26. The van der Waals surface area contributed by atoms with Gasteiger partial charge in [-0.25, -0.2) is 9.96 Å². The molecular formula is C32H26Cl2N2O5. The highest BCUT2D eigenvalue weighted by molar-refractivity contribution is 6.42. The summed E-state index contributed by atoms with van der Waals surface area (Å²) in [6, 6.07) is 28.9. The molecule has 6 rings (SSSR count). The topological polar surface area (TPSA) is 68.3 Å². The largest absolute Gasteiger partial charge is 0.490 e. The zero-order valence-corrected chi connectivity index (χ0v) is 23.6. The Balaban J connectivity index is 1.38. The van der Waals surface area contributed by atoms with E-state index >= 15 is 0 Å². The quantitative estimate of drug-likeness (QED) is 0.206. The molecule has 2 aliphatic heterocycles. The normalized spacial score (nSPS) is 19.9. The first kappa shape index (κ1) is 27.1. The van der Waals surface area contributed by atoms with Gasteiger partial charge < -0.3 is 9.47 Å². The van der Waals surface area contributed by atoms with Crippen molar-refractivity contribution in [2.45, 2.75) is 25.7 Å². The van der Waals surface area contributed by atoms with Crippen LogP contribution in [-0.2, 0) is 21.0 Å². The first-order valence-corrected chi connectivity index (χ1v) is 14.0. The number of hydrogen-bond donors (Lipinski definition) is 0. The van der Waals surface area contributed by atoms with E-state index in [0.717, 1.165) is 21.7 Å². The summed E-state index contributed by atoms with van der Waals surface area (Å²) in [6.45, 7) is 2.69. The number of hydrogen-bond acceptors (Lipinski definition) is 6. The van der Waals surface area contributed by atoms with Gasteiger partial charge in [-0.05, 0) is 60.5 Å². The van der Waals surface area contributed by atoms with Crippen molar-refractivity contribution in [1.82, 2.24) is 0 Å². The number of ether oxygens (including phenoxy) is 2. The predicted molar refractivity (Wildman–Crippen MR) is 157 cm³/mol. The van der Waals surface area contributed by atoms with Crippen molar-refractivity contribution in [2.75, 3.05) is 16.6 Å². The van der Waals surface area contributed by atoms with Crippen LogP contribution in [0.4, 0.5) is 11.4 Å². The monoisotopic (exact) mass is 588 g/mol. The molecule has 2 amide bonds. The number of para-hydroxylation sites is 1. The lowest BCUT2D eigenvalue weighted by molar-refractivity contribution is -0.126. The second-order valence-corrected chi connectivity index (χ2v) is 10.5. The third-order valence-electron chi connectivity index (χ3n) is 7.13. The lowest BCUT2D eigenvalue weighted by Crippen LogP contribution is -2.37. The van der Waals surface area contributed by atoms with Crippen molar-refractivity contribution >= 4 is 46.4 Å². The molecule has 0 bridgehead atoms. The molecule has 0 N–H and O–H groups in total. The number of carbonyl (C=O) groups excluding carboxylic acids is 2. The van der Waals surface area contributed by atoms with E-state index in [4.69, 9.17) is 37.5 Å².